The first-order valence-corrected chi connectivity index (χ1v) is 9.96. The van der Waals surface area contributed by atoms with E-state index in [0.29, 0.717) is 51.3 Å². The molecule has 0 unspecified atom stereocenters. The molecule has 156 valence electrons. The van der Waals surface area contributed by atoms with Gasteiger partial charge in [0.2, 0.25) is 0 Å². The van der Waals surface area contributed by atoms with Crippen LogP contribution in [0.15, 0.2) is 42.5 Å². The molecule has 6 heteroatoms. The SMILES string of the molecule is CCOC(=O)C1(Cc2cccc(F)c2)CCN(Cc2cccc(OC)c2O)CC1. The standard InChI is InChI=1S/C23H28FNO4/c1-3-29-22(27)23(15-17-6-4-8-19(24)14-17)10-12-25(13-11-23)16-18-7-5-9-20(28-2)21(18)26/h4-9,14,26H,3,10-13,15-16H2,1-2H3. The van der Waals surface area contributed by atoms with Crippen molar-refractivity contribution in [3.8, 4) is 11.5 Å². The third-order valence-corrected chi connectivity index (χ3v) is 5.65. The maximum absolute atomic E-state index is 13.6. The second kappa shape index (κ2) is 9.27. The van der Waals surface area contributed by atoms with Crippen molar-refractivity contribution in [2.45, 2.75) is 32.7 Å². The van der Waals surface area contributed by atoms with Crippen molar-refractivity contribution < 1.29 is 23.8 Å². The van der Waals surface area contributed by atoms with Gasteiger partial charge in [-0.05, 0) is 63.0 Å². The second-order valence-electron chi connectivity index (χ2n) is 7.55. The number of carbonyl (C=O) groups excluding carboxylic acids is 1. The van der Waals surface area contributed by atoms with E-state index in [4.69, 9.17) is 9.47 Å². The first-order valence-electron chi connectivity index (χ1n) is 9.96. The number of hydrogen-bond acceptors (Lipinski definition) is 5. The molecule has 0 saturated carbocycles. The van der Waals surface area contributed by atoms with Crippen LogP contribution in [0.25, 0.3) is 0 Å². The third-order valence-electron chi connectivity index (χ3n) is 5.65. The number of nitrogens with zero attached hydrogens (tertiary/aromatic N) is 1. The second-order valence-corrected chi connectivity index (χ2v) is 7.55. The van der Waals surface area contributed by atoms with Crippen LogP contribution in [0.2, 0.25) is 0 Å². The van der Waals surface area contributed by atoms with Gasteiger partial charge in [0.1, 0.15) is 5.82 Å². The highest BCUT2D eigenvalue weighted by Gasteiger charge is 2.42. The summed E-state index contributed by atoms with van der Waals surface area (Å²) < 4.78 is 24.2. The maximum Gasteiger partial charge on any atom is 0.312 e. The molecule has 1 saturated heterocycles. The molecule has 1 N–H and O–H groups in total. The number of piperidine rings is 1. The molecule has 0 aromatic heterocycles. The van der Waals surface area contributed by atoms with Crippen LogP contribution in [0.3, 0.4) is 0 Å². The molecule has 29 heavy (non-hydrogen) atoms. The number of rotatable bonds is 7. The molecule has 1 fully saturated rings. The smallest absolute Gasteiger partial charge is 0.312 e. The number of para-hydroxylation sites is 1. The first kappa shape index (κ1) is 21.1. The van der Waals surface area contributed by atoms with Crippen molar-refractivity contribution in [1.29, 1.82) is 0 Å². The molecule has 2 aromatic rings. The Labute approximate surface area is 171 Å². The topological polar surface area (TPSA) is 59.0 Å². The van der Waals surface area contributed by atoms with E-state index in [0.717, 1.165) is 11.1 Å². The van der Waals surface area contributed by atoms with Crippen molar-refractivity contribution in [2.75, 3.05) is 26.8 Å². The monoisotopic (exact) mass is 401 g/mol. The minimum absolute atomic E-state index is 0.150. The van der Waals surface area contributed by atoms with Gasteiger partial charge in [-0.3, -0.25) is 9.69 Å². The number of ether oxygens (including phenoxy) is 2. The summed E-state index contributed by atoms with van der Waals surface area (Å²) in [5, 5.41) is 10.3. The van der Waals surface area contributed by atoms with Gasteiger partial charge in [-0.2, -0.15) is 0 Å². The molecule has 0 bridgehead atoms. The number of esters is 1. The number of methoxy groups -OCH3 is 1. The van der Waals surface area contributed by atoms with Crippen LogP contribution in [-0.2, 0) is 22.5 Å². The van der Waals surface area contributed by atoms with Gasteiger partial charge in [-0.1, -0.05) is 24.3 Å². The average Bonchev–Trinajstić information content (AvgIpc) is 2.71. The normalized spacial score (nSPS) is 16.4. The van der Waals surface area contributed by atoms with Crippen molar-refractivity contribution in [2.24, 2.45) is 5.41 Å². The number of halogens is 1. The molecule has 0 spiro atoms. The summed E-state index contributed by atoms with van der Waals surface area (Å²) in [5.74, 6) is 0.0871. The Bertz CT molecular complexity index is 847. The number of likely N-dealkylation sites (tertiary alicyclic amines) is 1. The molecule has 0 aliphatic carbocycles. The van der Waals surface area contributed by atoms with Crippen LogP contribution in [-0.4, -0.2) is 42.8 Å². The number of phenolic OH excluding ortho intramolecular Hbond substituents is 1. The summed E-state index contributed by atoms with van der Waals surface area (Å²) in [4.78, 5) is 15.0. The van der Waals surface area contributed by atoms with E-state index in [1.54, 1.807) is 19.1 Å². The van der Waals surface area contributed by atoms with Crippen LogP contribution in [0.1, 0.15) is 30.9 Å². The van der Waals surface area contributed by atoms with Gasteiger partial charge in [-0.15, -0.1) is 0 Å². The summed E-state index contributed by atoms with van der Waals surface area (Å²) in [6.07, 6.45) is 1.70. The molecule has 1 heterocycles. The van der Waals surface area contributed by atoms with E-state index in [2.05, 4.69) is 4.90 Å². The lowest BCUT2D eigenvalue weighted by molar-refractivity contribution is -0.158. The van der Waals surface area contributed by atoms with E-state index in [9.17, 15) is 14.3 Å². The number of carbonyl (C=O) groups is 1. The minimum Gasteiger partial charge on any atom is -0.504 e. The Morgan fingerprint density at radius 3 is 2.59 bits per heavy atom. The molecular formula is C23H28FNO4. The van der Waals surface area contributed by atoms with Crippen LogP contribution in [0, 0.1) is 11.2 Å². The molecule has 3 rings (SSSR count). The summed E-state index contributed by atoms with van der Waals surface area (Å²) in [6, 6.07) is 11.9. The minimum atomic E-state index is -0.656. The lowest BCUT2D eigenvalue weighted by atomic mass is 9.73. The molecule has 0 amide bonds. The van der Waals surface area contributed by atoms with Crippen molar-refractivity contribution in [3.63, 3.8) is 0 Å². The fourth-order valence-electron chi connectivity index (χ4n) is 4.02. The van der Waals surface area contributed by atoms with Gasteiger partial charge < -0.3 is 14.6 Å². The van der Waals surface area contributed by atoms with E-state index >= 15 is 0 Å². The molecular weight excluding hydrogens is 373 g/mol. The Morgan fingerprint density at radius 2 is 1.93 bits per heavy atom. The van der Waals surface area contributed by atoms with Crippen molar-refractivity contribution in [3.05, 3.63) is 59.4 Å². The van der Waals surface area contributed by atoms with Gasteiger partial charge >= 0.3 is 5.97 Å². The molecule has 1 aliphatic rings. The first-order chi connectivity index (χ1) is 14.0. The average molecular weight is 401 g/mol. The lowest BCUT2D eigenvalue weighted by Gasteiger charge is -2.40. The Morgan fingerprint density at radius 1 is 1.21 bits per heavy atom. The quantitative estimate of drug-likeness (QED) is 0.713. The fourth-order valence-corrected chi connectivity index (χ4v) is 4.02. The highest BCUT2D eigenvalue weighted by molar-refractivity contribution is 5.77. The van der Waals surface area contributed by atoms with Crippen LogP contribution in [0.5, 0.6) is 11.5 Å². The Kier molecular flexibility index (Phi) is 6.75. The maximum atomic E-state index is 13.6. The van der Waals surface area contributed by atoms with Gasteiger partial charge in [0, 0.05) is 12.1 Å². The van der Waals surface area contributed by atoms with Crippen molar-refractivity contribution in [1.82, 2.24) is 4.90 Å². The van der Waals surface area contributed by atoms with E-state index < -0.39 is 5.41 Å². The van der Waals surface area contributed by atoms with Gasteiger partial charge in [0.25, 0.3) is 0 Å². The highest BCUT2D eigenvalue weighted by atomic mass is 19.1. The number of aromatic hydroxyl groups is 1. The lowest BCUT2D eigenvalue weighted by Crippen LogP contribution is -2.46. The van der Waals surface area contributed by atoms with Crippen LogP contribution < -0.4 is 4.74 Å². The predicted octanol–water partition coefficient (Wildman–Crippen LogP) is 3.93. The Balaban J connectivity index is 1.73. The number of phenols is 1. The van der Waals surface area contributed by atoms with Crippen LogP contribution in [0.4, 0.5) is 4.39 Å². The van der Waals surface area contributed by atoms with Gasteiger partial charge in [0.05, 0.1) is 19.1 Å². The van der Waals surface area contributed by atoms with E-state index in [-0.39, 0.29) is 17.5 Å². The largest absolute Gasteiger partial charge is 0.504 e. The zero-order chi connectivity index (χ0) is 20.9. The molecule has 2 aromatic carbocycles. The zero-order valence-corrected chi connectivity index (χ0v) is 17.0. The summed E-state index contributed by atoms with van der Waals surface area (Å²) >= 11 is 0. The van der Waals surface area contributed by atoms with E-state index in [1.807, 2.05) is 18.2 Å². The van der Waals surface area contributed by atoms with Crippen LogP contribution >= 0.6 is 0 Å². The zero-order valence-electron chi connectivity index (χ0n) is 17.0. The van der Waals surface area contributed by atoms with Crippen molar-refractivity contribution >= 4 is 5.97 Å². The summed E-state index contributed by atoms with van der Waals surface area (Å²) in [5.41, 5.74) is 0.937. The predicted molar refractivity (Wildman–Crippen MR) is 108 cm³/mol. The third kappa shape index (κ3) is 4.88. The molecule has 5 nitrogen and oxygen atoms in total. The number of benzene rings is 2. The fraction of sp³-hybridized carbons (Fsp3) is 0.435. The highest BCUT2D eigenvalue weighted by Crippen LogP contribution is 2.38. The summed E-state index contributed by atoms with van der Waals surface area (Å²) in [7, 11) is 1.53. The van der Waals surface area contributed by atoms with E-state index in [1.165, 1.54) is 19.2 Å². The number of hydrogen-bond donors (Lipinski definition) is 1. The van der Waals surface area contributed by atoms with Gasteiger partial charge in [-0.25, -0.2) is 4.39 Å². The molecule has 0 atom stereocenters. The summed E-state index contributed by atoms with van der Waals surface area (Å²) in [6.45, 7) is 4.07. The molecule has 0 radical (unpaired) electrons. The molecule has 1 aliphatic heterocycles. The van der Waals surface area contributed by atoms with Gasteiger partial charge in [0.15, 0.2) is 11.5 Å². The Hall–Kier alpha value is -2.60.